The smallest absolute Gasteiger partial charge is 0.288 e. The van der Waals surface area contributed by atoms with E-state index in [4.69, 9.17) is 0 Å². The molecular weight excluding hydrogens is 260 g/mol. The number of fused-ring (bicyclic) bond motifs is 1. The molecule has 0 bridgehead atoms. The van der Waals surface area contributed by atoms with Crippen LogP contribution in [0.3, 0.4) is 0 Å². The molecule has 0 unspecified atom stereocenters. The van der Waals surface area contributed by atoms with Crippen LogP contribution in [0.25, 0.3) is 0 Å². The second-order valence-corrected chi connectivity index (χ2v) is 4.43. The van der Waals surface area contributed by atoms with Crippen LogP contribution >= 0.6 is 15.9 Å². The van der Waals surface area contributed by atoms with E-state index in [2.05, 4.69) is 21.2 Å². The van der Waals surface area contributed by atoms with Crippen LogP contribution in [-0.4, -0.2) is 11.5 Å². The Morgan fingerprint density at radius 3 is 3.00 bits per heavy atom. The first-order valence-electron chi connectivity index (χ1n) is 4.85. The summed E-state index contributed by atoms with van der Waals surface area (Å²) in [6.45, 7) is 1.51. The number of rotatable bonds is 1. The van der Waals surface area contributed by atoms with Gasteiger partial charge in [-0.15, -0.1) is 0 Å². The van der Waals surface area contributed by atoms with Gasteiger partial charge in [0.25, 0.3) is 5.69 Å². The van der Waals surface area contributed by atoms with E-state index in [-0.39, 0.29) is 10.6 Å². The minimum Gasteiger partial charge on any atom is -0.312 e. The highest BCUT2D eigenvalue weighted by molar-refractivity contribution is 9.10. The maximum atomic E-state index is 11.0. The van der Waals surface area contributed by atoms with Crippen LogP contribution in [0.4, 0.5) is 5.69 Å². The lowest BCUT2D eigenvalue weighted by molar-refractivity contribution is -0.386. The fraction of sp³-hybridized carbons (Fsp3) is 0.400. The van der Waals surface area contributed by atoms with Crippen LogP contribution in [0.1, 0.15) is 17.5 Å². The lowest BCUT2D eigenvalue weighted by Crippen LogP contribution is -2.13. The van der Waals surface area contributed by atoms with Crippen molar-refractivity contribution in [2.24, 2.45) is 0 Å². The summed E-state index contributed by atoms with van der Waals surface area (Å²) < 4.78 is 0.565. The van der Waals surface area contributed by atoms with Crippen molar-refractivity contribution in [1.29, 1.82) is 0 Å². The van der Waals surface area contributed by atoms with E-state index in [9.17, 15) is 10.1 Å². The van der Waals surface area contributed by atoms with Crippen LogP contribution in [0.15, 0.2) is 16.6 Å². The SMILES string of the molecule is O=[N+]([O-])c1c(Br)ccc2c1CNCCC2. The van der Waals surface area contributed by atoms with Gasteiger partial charge in [0.2, 0.25) is 0 Å². The molecule has 15 heavy (non-hydrogen) atoms. The zero-order valence-corrected chi connectivity index (χ0v) is 9.71. The van der Waals surface area contributed by atoms with Crippen LogP contribution in [0.2, 0.25) is 0 Å². The molecule has 1 aromatic rings. The average molecular weight is 271 g/mol. The van der Waals surface area contributed by atoms with Gasteiger partial charge < -0.3 is 5.32 Å². The topological polar surface area (TPSA) is 55.2 Å². The molecule has 0 saturated heterocycles. The third kappa shape index (κ3) is 2.03. The van der Waals surface area contributed by atoms with Gasteiger partial charge in [0.15, 0.2) is 0 Å². The Morgan fingerprint density at radius 2 is 2.27 bits per heavy atom. The molecule has 1 heterocycles. The van der Waals surface area contributed by atoms with Crippen LogP contribution in [0.5, 0.6) is 0 Å². The number of nitro groups is 1. The molecule has 0 amide bonds. The number of benzene rings is 1. The lowest BCUT2D eigenvalue weighted by atomic mass is 10.0. The zero-order valence-electron chi connectivity index (χ0n) is 8.12. The minimum absolute atomic E-state index is 0.210. The molecular formula is C10H11BrN2O2. The third-order valence-electron chi connectivity index (χ3n) is 2.61. The molecule has 1 N–H and O–H groups in total. The molecule has 0 spiro atoms. The number of nitro benzene ring substituents is 1. The lowest BCUT2D eigenvalue weighted by Gasteiger charge is -2.07. The van der Waals surface area contributed by atoms with Crippen molar-refractivity contribution < 1.29 is 4.92 Å². The number of nitrogens with one attached hydrogen (secondary N) is 1. The van der Waals surface area contributed by atoms with Crippen LogP contribution in [0, 0.1) is 10.1 Å². The molecule has 4 nitrogen and oxygen atoms in total. The van der Waals surface area contributed by atoms with E-state index < -0.39 is 0 Å². The molecule has 1 aliphatic heterocycles. The van der Waals surface area contributed by atoms with Gasteiger partial charge >= 0.3 is 0 Å². The Morgan fingerprint density at radius 1 is 1.47 bits per heavy atom. The van der Waals surface area contributed by atoms with E-state index in [0.29, 0.717) is 11.0 Å². The minimum atomic E-state index is -0.310. The van der Waals surface area contributed by atoms with Crippen LogP contribution < -0.4 is 5.32 Å². The second-order valence-electron chi connectivity index (χ2n) is 3.57. The van der Waals surface area contributed by atoms with E-state index in [1.165, 1.54) is 0 Å². The maximum Gasteiger partial charge on any atom is 0.288 e. The molecule has 80 valence electrons. The predicted molar refractivity (Wildman–Crippen MR) is 60.8 cm³/mol. The van der Waals surface area contributed by atoms with Crippen molar-refractivity contribution in [1.82, 2.24) is 5.32 Å². The number of halogens is 1. The maximum absolute atomic E-state index is 11.0. The normalized spacial score (nSPS) is 15.5. The van der Waals surface area contributed by atoms with Crippen molar-refractivity contribution in [3.8, 4) is 0 Å². The molecule has 2 rings (SSSR count). The Kier molecular flexibility index (Phi) is 3.02. The van der Waals surface area contributed by atoms with Gasteiger partial charge in [0.1, 0.15) is 0 Å². The largest absolute Gasteiger partial charge is 0.312 e. The summed E-state index contributed by atoms with van der Waals surface area (Å²) >= 11 is 3.23. The van der Waals surface area contributed by atoms with Crippen LogP contribution in [-0.2, 0) is 13.0 Å². The standard InChI is InChI=1S/C10H11BrN2O2/c11-9-4-3-7-2-1-5-12-6-8(7)10(9)13(14)15/h3-4,12H,1-2,5-6H2. The van der Waals surface area contributed by atoms with Crippen molar-refractivity contribution in [3.63, 3.8) is 0 Å². The van der Waals surface area contributed by atoms with E-state index in [0.717, 1.165) is 30.5 Å². The Hall–Kier alpha value is -0.940. The molecule has 0 radical (unpaired) electrons. The molecule has 5 heteroatoms. The molecule has 0 aliphatic carbocycles. The van der Waals surface area contributed by atoms with Gasteiger partial charge in [0, 0.05) is 12.1 Å². The first kappa shape index (κ1) is 10.6. The molecule has 0 atom stereocenters. The molecule has 0 aromatic heterocycles. The fourth-order valence-electron chi connectivity index (χ4n) is 1.90. The van der Waals surface area contributed by atoms with E-state index in [1.54, 1.807) is 6.07 Å². The van der Waals surface area contributed by atoms with Gasteiger partial charge in [-0.05, 0) is 46.9 Å². The zero-order chi connectivity index (χ0) is 10.8. The highest BCUT2D eigenvalue weighted by atomic mass is 79.9. The second kappa shape index (κ2) is 4.28. The Balaban J connectivity index is 2.56. The van der Waals surface area contributed by atoms with E-state index >= 15 is 0 Å². The summed E-state index contributed by atoms with van der Waals surface area (Å²) in [7, 11) is 0. The van der Waals surface area contributed by atoms with Crippen molar-refractivity contribution in [2.75, 3.05) is 6.54 Å². The highest BCUT2D eigenvalue weighted by Gasteiger charge is 2.22. The van der Waals surface area contributed by atoms with Crippen molar-refractivity contribution in [3.05, 3.63) is 37.8 Å². The number of hydrogen-bond donors (Lipinski definition) is 1. The van der Waals surface area contributed by atoms with Gasteiger partial charge in [-0.3, -0.25) is 10.1 Å². The summed E-state index contributed by atoms with van der Waals surface area (Å²) in [5, 5.41) is 14.2. The fourth-order valence-corrected chi connectivity index (χ4v) is 2.41. The summed E-state index contributed by atoms with van der Waals surface area (Å²) in [6, 6.07) is 3.74. The highest BCUT2D eigenvalue weighted by Crippen LogP contribution is 2.32. The number of aryl methyl sites for hydroxylation is 1. The molecule has 0 saturated carbocycles. The molecule has 0 fully saturated rings. The van der Waals surface area contributed by atoms with Crippen molar-refractivity contribution in [2.45, 2.75) is 19.4 Å². The van der Waals surface area contributed by atoms with Gasteiger partial charge in [-0.2, -0.15) is 0 Å². The summed E-state index contributed by atoms with van der Waals surface area (Å²) in [5.74, 6) is 0. The monoisotopic (exact) mass is 270 g/mol. The third-order valence-corrected chi connectivity index (χ3v) is 3.25. The number of hydrogen-bond acceptors (Lipinski definition) is 3. The first-order chi connectivity index (χ1) is 7.20. The molecule has 1 aromatic carbocycles. The summed E-state index contributed by atoms with van der Waals surface area (Å²) in [5.41, 5.74) is 2.13. The molecule has 1 aliphatic rings. The van der Waals surface area contributed by atoms with Gasteiger partial charge in [-0.1, -0.05) is 6.07 Å². The predicted octanol–water partition coefficient (Wildman–Crippen LogP) is 2.39. The average Bonchev–Trinajstić information content (AvgIpc) is 2.41. The van der Waals surface area contributed by atoms with E-state index in [1.807, 2.05) is 6.07 Å². The quantitative estimate of drug-likeness (QED) is 0.630. The summed E-state index contributed by atoms with van der Waals surface area (Å²) in [4.78, 5) is 10.6. The summed E-state index contributed by atoms with van der Waals surface area (Å²) in [6.07, 6.45) is 1.95. The van der Waals surface area contributed by atoms with Gasteiger partial charge in [0.05, 0.1) is 9.40 Å². The Labute approximate surface area is 96.0 Å². The van der Waals surface area contributed by atoms with Crippen molar-refractivity contribution >= 4 is 21.6 Å². The van der Waals surface area contributed by atoms with Gasteiger partial charge in [-0.25, -0.2) is 0 Å². The first-order valence-corrected chi connectivity index (χ1v) is 5.65. The Bertz CT molecular complexity index is 407. The number of nitrogens with zero attached hydrogens (tertiary/aromatic N) is 1.